The Labute approximate surface area is 103 Å². The first kappa shape index (κ1) is 13.4. The maximum atomic E-state index is 5.64. The average Bonchev–Trinajstić information content (AvgIpc) is 2.34. The molecule has 1 rings (SSSR count). The number of ether oxygens (including phenoxy) is 1. The molecular weight excluding hydrogens is 218 g/mol. The van der Waals surface area contributed by atoms with Crippen LogP contribution < -0.4 is 10.1 Å². The minimum atomic E-state index is 0.393. The zero-order valence-corrected chi connectivity index (χ0v) is 11.1. The van der Waals surface area contributed by atoms with Gasteiger partial charge in [0.15, 0.2) is 0 Å². The van der Waals surface area contributed by atoms with E-state index in [1.165, 1.54) is 5.56 Å². The second-order valence-corrected chi connectivity index (χ2v) is 5.02. The molecule has 0 spiro atoms. The zero-order valence-electron chi connectivity index (χ0n) is 10.3. The second kappa shape index (κ2) is 7.58. The third-order valence-electron chi connectivity index (χ3n) is 2.51. The summed E-state index contributed by atoms with van der Waals surface area (Å²) in [4.78, 5) is 0. The van der Waals surface area contributed by atoms with Crippen LogP contribution in [0, 0.1) is 0 Å². The Hall–Kier alpha value is -0.670. The predicted molar refractivity (Wildman–Crippen MR) is 72.4 cm³/mol. The van der Waals surface area contributed by atoms with Gasteiger partial charge in [0, 0.05) is 11.8 Å². The van der Waals surface area contributed by atoms with Crippen LogP contribution in [0.5, 0.6) is 5.75 Å². The van der Waals surface area contributed by atoms with Crippen LogP contribution >= 0.6 is 11.8 Å². The average molecular weight is 239 g/mol. The summed E-state index contributed by atoms with van der Waals surface area (Å²) in [7, 11) is 1.97. The van der Waals surface area contributed by atoms with Gasteiger partial charge in [-0.25, -0.2) is 0 Å². The maximum Gasteiger partial charge on any atom is 0.119 e. The van der Waals surface area contributed by atoms with E-state index in [4.69, 9.17) is 4.74 Å². The van der Waals surface area contributed by atoms with Gasteiger partial charge in [-0.3, -0.25) is 0 Å². The summed E-state index contributed by atoms with van der Waals surface area (Å²) < 4.78 is 5.64. The number of hydrogen-bond acceptors (Lipinski definition) is 3. The maximum absolute atomic E-state index is 5.64. The lowest BCUT2D eigenvalue weighted by Gasteiger charge is -2.11. The van der Waals surface area contributed by atoms with Gasteiger partial charge in [0.1, 0.15) is 5.75 Å². The topological polar surface area (TPSA) is 21.3 Å². The van der Waals surface area contributed by atoms with Gasteiger partial charge in [-0.2, -0.15) is 11.8 Å². The number of nitrogens with one attached hydrogen (secondary N) is 1. The zero-order chi connectivity index (χ0) is 11.8. The van der Waals surface area contributed by atoms with Gasteiger partial charge in [0.05, 0.1) is 6.61 Å². The van der Waals surface area contributed by atoms with Crippen molar-refractivity contribution in [3.05, 3.63) is 29.8 Å². The molecule has 1 aromatic carbocycles. The van der Waals surface area contributed by atoms with E-state index in [2.05, 4.69) is 31.3 Å². The fourth-order valence-corrected chi connectivity index (χ4v) is 1.87. The molecule has 0 bridgehead atoms. The fourth-order valence-electron chi connectivity index (χ4n) is 1.38. The van der Waals surface area contributed by atoms with Crippen LogP contribution in [0.15, 0.2) is 24.3 Å². The molecule has 1 N–H and O–H groups in total. The Kier molecular flexibility index (Phi) is 6.34. The molecule has 3 heteroatoms. The molecule has 1 unspecified atom stereocenters. The van der Waals surface area contributed by atoms with Crippen molar-refractivity contribution in [2.24, 2.45) is 0 Å². The molecule has 0 aromatic heterocycles. The molecule has 0 fully saturated rings. The standard InChI is InChI=1S/C13H21NOS/c1-4-16-10-9-15-13-7-5-12(6-8-13)11(2)14-3/h5-8,11,14H,4,9-10H2,1-3H3. The van der Waals surface area contributed by atoms with E-state index in [1.807, 2.05) is 30.9 Å². The molecule has 0 saturated heterocycles. The van der Waals surface area contributed by atoms with Crippen molar-refractivity contribution >= 4 is 11.8 Å². The molecule has 90 valence electrons. The van der Waals surface area contributed by atoms with Crippen molar-refractivity contribution in [2.45, 2.75) is 19.9 Å². The van der Waals surface area contributed by atoms with E-state index < -0.39 is 0 Å². The Morgan fingerprint density at radius 2 is 2.00 bits per heavy atom. The highest BCUT2D eigenvalue weighted by Gasteiger charge is 2.01. The van der Waals surface area contributed by atoms with Crippen molar-refractivity contribution in [2.75, 3.05) is 25.2 Å². The van der Waals surface area contributed by atoms with Crippen molar-refractivity contribution in [3.8, 4) is 5.75 Å². The molecule has 1 aromatic rings. The lowest BCUT2D eigenvalue weighted by molar-refractivity contribution is 0.344. The van der Waals surface area contributed by atoms with E-state index in [1.54, 1.807) is 0 Å². The van der Waals surface area contributed by atoms with Gasteiger partial charge in [-0.05, 0) is 37.4 Å². The van der Waals surface area contributed by atoms with Crippen LogP contribution in [0.3, 0.4) is 0 Å². The van der Waals surface area contributed by atoms with Gasteiger partial charge >= 0.3 is 0 Å². The first-order valence-electron chi connectivity index (χ1n) is 5.75. The summed E-state index contributed by atoms with van der Waals surface area (Å²) >= 11 is 1.90. The normalized spacial score (nSPS) is 12.4. The Bertz CT molecular complexity index is 286. The van der Waals surface area contributed by atoms with Crippen molar-refractivity contribution < 1.29 is 4.74 Å². The molecule has 0 saturated carbocycles. The smallest absolute Gasteiger partial charge is 0.119 e. The third kappa shape index (κ3) is 4.45. The Morgan fingerprint density at radius 3 is 2.56 bits per heavy atom. The summed E-state index contributed by atoms with van der Waals surface area (Å²) in [6.45, 7) is 5.10. The summed E-state index contributed by atoms with van der Waals surface area (Å²) in [6.07, 6.45) is 0. The minimum absolute atomic E-state index is 0.393. The van der Waals surface area contributed by atoms with Crippen LogP contribution in [-0.4, -0.2) is 25.2 Å². The monoisotopic (exact) mass is 239 g/mol. The number of rotatable bonds is 7. The number of thioether (sulfide) groups is 1. The minimum Gasteiger partial charge on any atom is -0.493 e. The molecular formula is C13H21NOS. The third-order valence-corrected chi connectivity index (χ3v) is 3.38. The quantitative estimate of drug-likeness (QED) is 0.739. The van der Waals surface area contributed by atoms with E-state index in [9.17, 15) is 0 Å². The highest BCUT2D eigenvalue weighted by Crippen LogP contribution is 2.17. The van der Waals surface area contributed by atoms with Crippen molar-refractivity contribution in [1.29, 1.82) is 0 Å². The van der Waals surface area contributed by atoms with E-state index in [0.29, 0.717) is 6.04 Å². The lowest BCUT2D eigenvalue weighted by Crippen LogP contribution is -2.12. The first-order valence-corrected chi connectivity index (χ1v) is 6.91. The molecule has 0 aliphatic carbocycles. The van der Waals surface area contributed by atoms with Gasteiger partial charge in [-0.15, -0.1) is 0 Å². The summed E-state index contributed by atoms with van der Waals surface area (Å²) in [5.41, 5.74) is 1.29. The number of benzene rings is 1. The summed E-state index contributed by atoms with van der Waals surface area (Å²) in [6, 6.07) is 8.71. The Balaban J connectivity index is 2.39. The summed E-state index contributed by atoms with van der Waals surface area (Å²) in [5.74, 6) is 3.18. The van der Waals surface area contributed by atoms with Gasteiger partial charge in [0.25, 0.3) is 0 Å². The van der Waals surface area contributed by atoms with E-state index >= 15 is 0 Å². The van der Waals surface area contributed by atoms with Gasteiger partial charge in [0.2, 0.25) is 0 Å². The van der Waals surface area contributed by atoms with Crippen LogP contribution in [0.4, 0.5) is 0 Å². The highest BCUT2D eigenvalue weighted by molar-refractivity contribution is 7.99. The molecule has 0 heterocycles. The van der Waals surface area contributed by atoms with Crippen molar-refractivity contribution in [1.82, 2.24) is 5.32 Å². The van der Waals surface area contributed by atoms with Crippen LogP contribution in [0.2, 0.25) is 0 Å². The van der Waals surface area contributed by atoms with E-state index in [0.717, 1.165) is 23.9 Å². The van der Waals surface area contributed by atoms with Gasteiger partial charge < -0.3 is 10.1 Å². The molecule has 1 atom stereocenters. The SMILES string of the molecule is CCSCCOc1ccc(C(C)NC)cc1. The van der Waals surface area contributed by atoms with Crippen LogP contribution in [-0.2, 0) is 0 Å². The van der Waals surface area contributed by atoms with Crippen LogP contribution in [0.1, 0.15) is 25.5 Å². The fraction of sp³-hybridized carbons (Fsp3) is 0.538. The molecule has 0 amide bonds. The lowest BCUT2D eigenvalue weighted by atomic mass is 10.1. The predicted octanol–water partition coefficient (Wildman–Crippen LogP) is 3.10. The molecule has 0 radical (unpaired) electrons. The molecule has 2 nitrogen and oxygen atoms in total. The highest BCUT2D eigenvalue weighted by atomic mass is 32.2. The Morgan fingerprint density at radius 1 is 1.31 bits per heavy atom. The largest absolute Gasteiger partial charge is 0.493 e. The summed E-state index contributed by atoms with van der Waals surface area (Å²) in [5, 5.41) is 3.22. The van der Waals surface area contributed by atoms with Crippen molar-refractivity contribution in [3.63, 3.8) is 0 Å². The number of hydrogen-bond donors (Lipinski definition) is 1. The van der Waals surface area contributed by atoms with Crippen LogP contribution in [0.25, 0.3) is 0 Å². The molecule has 16 heavy (non-hydrogen) atoms. The van der Waals surface area contributed by atoms with E-state index in [-0.39, 0.29) is 0 Å². The first-order chi connectivity index (χ1) is 7.77. The molecule has 0 aliphatic heterocycles. The second-order valence-electron chi connectivity index (χ2n) is 3.62. The molecule has 0 aliphatic rings. The van der Waals surface area contributed by atoms with Gasteiger partial charge in [-0.1, -0.05) is 19.1 Å².